The third-order valence-electron chi connectivity index (χ3n) is 5.48. The van der Waals surface area contributed by atoms with Crippen LogP contribution < -0.4 is 5.56 Å². The van der Waals surface area contributed by atoms with E-state index in [0.717, 1.165) is 29.9 Å². The number of rotatable bonds is 6. The number of amides is 1. The van der Waals surface area contributed by atoms with Gasteiger partial charge in [0.15, 0.2) is 5.16 Å². The van der Waals surface area contributed by atoms with E-state index >= 15 is 0 Å². The summed E-state index contributed by atoms with van der Waals surface area (Å²) >= 11 is 2.81. The Labute approximate surface area is 178 Å². The van der Waals surface area contributed by atoms with Crippen molar-refractivity contribution in [1.82, 2.24) is 14.5 Å². The fourth-order valence-electron chi connectivity index (χ4n) is 4.04. The zero-order chi connectivity index (χ0) is 20.2. The van der Waals surface area contributed by atoms with Crippen LogP contribution in [0.1, 0.15) is 39.0 Å². The molecule has 3 aromatic rings. The lowest BCUT2D eigenvalue weighted by Crippen LogP contribution is -2.42. The summed E-state index contributed by atoms with van der Waals surface area (Å²) in [4.78, 5) is 33.5. The first-order chi connectivity index (χ1) is 14.2. The van der Waals surface area contributed by atoms with Crippen molar-refractivity contribution < 1.29 is 4.79 Å². The molecule has 29 heavy (non-hydrogen) atoms. The van der Waals surface area contributed by atoms with Crippen LogP contribution >= 0.6 is 23.1 Å². The molecule has 4 rings (SSSR count). The minimum absolute atomic E-state index is 0.0861. The van der Waals surface area contributed by atoms with Crippen molar-refractivity contribution in [2.24, 2.45) is 0 Å². The van der Waals surface area contributed by atoms with Crippen LogP contribution in [0, 0.1) is 0 Å². The molecule has 1 amide bonds. The van der Waals surface area contributed by atoms with Gasteiger partial charge in [0.1, 0.15) is 4.83 Å². The van der Waals surface area contributed by atoms with Crippen LogP contribution in [0.2, 0.25) is 0 Å². The predicted molar refractivity (Wildman–Crippen MR) is 120 cm³/mol. The van der Waals surface area contributed by atoms with Gasteiger partial charge in [-0.2, -0.15) is 0 Å². The molecule has 0 bridgehead atoms. The van der Waals surface area contributed by atoms with E-state index in [4.69, 9.17) is 4.98 Å². The van der Waals surface area contributed by atoms with Crippen LogP contribution in [0.5, 0.6) is 0 Å². The van der Waals surface area contributed by atoms with E-state index < -0.39 is 0 Å². The molecular weight excluding hydrogens is 402 g/mol. The third-order valence-corrected chi connectivity index (χ3v) is 7.21. The van der Waals surface area contributed by atoms with Gasteiger partial charge in [-0.15, -0.1) is 11.3 Å². The van der Waals surface area contributed by atoms with Crippen LogP contribution in [0.3, 0.4) is 0 Å². The standard InChI is InChI=1S/C22H25N3O2S2/c1-2-24(16-9-5-3-6-10-16)19(26)15-29-22-23-20-18(13-14-28-20)21(27)25(22)17-11-7-4-8-12-17/h4,7-8,11-14,16H,2-3,5-6,9-10,15H2,1H3. The van der Waals surface area contributed by atoms with E-state index in [0.29, 0.717) is 22.3 Å². The molecule has 0 saturated heterocycles. The molecule has 1 fully saturated rings. The molecule has 0 aliphatic heterocycles. The lowest BCUT2D eigenvalue weighted by atomic mass is 9.94. The molecule has 2 heterocycles. The summed E-state index contributed by atoms with van der Waals surface area (Å²) in [5, 5.41) is 3.08. The highest BCUT2D eigenvalue weighted by atomic mass is 32.2. The van der Waals surface area contributed by atoms with Crippen molar-refractivity contribution in [3.63, 3.8) is 0 Å². The SMILES string of the molecule is CCN(C(=O)CSc1nc2sccc2c(=O)n1-c1ccccc1)C1CCCCC1. The fraction of sp³-hybridized carbons (Fsp3) is 0.409. The van der Waals surface area contributed by atoms with Crippen molar-refractivity contribution in [3.05, 3.63) is 52.1 Å². The summed E-state index contributed by atoms with van der Waals surface area (Å²) < 4.78 is 1.63. The first kappa shape index (κ1) is 20.2. The van der Waals surface area contributed by atoms with E-state index in [2.05, 4.69) is 0 Å². The Kier molecular flexibility index (Phi) is 6.35. The Morgan fingerprint density at radius 3 is 2.69 bits per heavy atom. The number of hydrogen-bond donors (Lipinski definition) is 0. The molecule has 152 valence electrons. The van der Waals surface area contributed by atoms with Gasteiger partial charge in [-0.3, -0.25) is 14.2 Å². The van der Waals surface area contributed by atoms with E-state index in [9.17, 15) is 9.59 Å². The summed E-state index contributed by atoms with van der Waals surface area (Å²) in [7, 11) is 0. The van der Waals surface area contributed by atoms with Crippen molar-refractivity contribution in [3.8, 4) is 5.69 Å². The van der Waals surface area contributed by atoms with Crippen molar-refractivity contribution in [2.75, 3.05) is 12.3 Å². The Balaban J connectivity index is 1.62. The Morgan fingerprint density at radius 2 is 1.97 bits per heavy atom. The maximum Gasteiger partial charge on any atom is 0.267 e. The van der Waals surface area contributed by atoms with Gasteiger partial charge >= 0.3 is 0 Å². The van der Waals surface area contributed by atoms with Gasteiger partial charge in [0.05, 0.1) is 16.8 Å². The number of aromatic nitrogens is 2. The maximum atomic E-state index is 13.1. The molecule has 0 radical (unpaired) electrons. The maximum absolute atomic E-state index is 13.1. The van der Waals surface area contributed by atoms with Crippen molar-refractivity contribution in [2.45, 2.75) is 50.2 Å². The molecule has 1 aliphatic rings. The Hall–Kier alpha value is -2.12. The smallest absolute Gasteiger partial charge is 0.267 e. The highest BCUT2D eigenvalue weighted by Crippen LogP contribution is 2.26. The average molecular weight is 428 g/mol. The number of hydrogen-bond acceptors (Lipinski definition) is 5. The summed E-state index contributed by atoms with van der Waals surface area (Å²) in [6, 6.07) is 11.7. The summed E-state index contributed by atoms with van der Waals surface area (Å²) in [6.45, 7) is 2.78. The van der Waals surface area contributed by atoms with Crippen LogP contribution in [-0.2, 0) is 4.79 Å². The predicted octanol–water partition coefficient (Wildman–Crippen LogP) is 4.72. The second-order valence-corrected chi connectivity index (χ2v) is 9.11. The number of thioether (sulfide) groups is 1. The zero-order valence-electron chi connectivity index (χ0n) is 16.5. The first-order valence-electron chi connectivity index (χ1n) is 10.2. The molecule has 0 spiro atoms. The Morgan fingerprint density at radius 1 is 1.21 bits per heavy atom. The molecule has 1 aliphatic carbocycles. The van der Waals surface area contributed by atoms with Gasteiger partial charge < -0.3 is 4.90 Å². The Bertz CT molecular complexity index is 1040. The molecule has 2 aromatic heterocycles. The van der Waals surface area contributed by atoms with Crippen LogP contribution in [-0.4, -0.2) is 38.7 Å². The van der Waals surface area contributed by atoms with Crippen molar-refractivity contribution in [1.29, 1.82) is 0 Å². The normalized spacial score (nSPS) is 14.9. The van der Waals surface area contributed by atoms with E-state index in [-0.39, 0.29) is 11.5 Å². The molecule has 5 nitrogen and oxygen atoms in total. The number of thiophene rings is 1. The van der Waals surface area contributed by atoms with E-state index in [1.807, 2.05) is 53.6 Å². The number of benzene rings is 1. The lowest BCUT2D eigenvalue weighted by Gasteiger charge is -2.33. The first-order valence-corrected chi connectivity index (χ1v) is 12.0. The van der Waals surface area contributed by atoms with Gasteiger partial charge in [-0.25, -0.2) is 4.98 Å². The van der Waals surface area contributed by atoms with Crippen LogP contribution in [0.4, 0.5) is 0 Å². The molecule has 1 aromatic carbocycles. The topological polar surface area (TPSA) is 55.2 Å². The second-order valence-electron chi connectivity index (χ2n) is 7.27. The molecule has 0 atom stereocenters. The number of carbonyl (C=O) groups excluding carboxylic acids is 1. The second kappa shape index (κ2) is 9.13. The minimum atomic E-state index is -0.0861. The molecular formula is C22H25N3O2S2. The van der Waals surface area contributed by atoms with Gasteiger partial charge in [0.2, 0.25) is 5.91 Å². The summed E-state index contributed by atoms with van der Waals surface area (Å²) in [5.74, 6) is 0.421. The van der Waals surface area contributed by atoms with Gasteiger partial charge in [-0.05, 0) is 43.3 Å². The largest absolute Gasteiger partial charge is 0.339 e. The van der Waals surface area contributed by atoms with Crippen LogP contribution in [0.15, 0.2) is 51.7 Å². The third kappa shape index (κ3) is 4.26. The molecule has 0 unspecified atom stereocenters. The zero-order valence-corrected chi connectivity index (χ0v) is 18.2. The molecule has 0 N–H and O–H groups in total. The molecule has 1 saturated carbocycles. The monoisotopic (exact) mass is 427 g/mol. The quantitative estimate of drug-likeness (QED) is 0.422. The summed E-state index contributed by atoms with van der Waals surface area (Å²) in [5.41, 5.74) is 0.685. The number of fused-ring (bicyclic) bond motifs is 1. The van der Waals surface area contributed by atoms with Gasteiger partial charge in [0, 0.05) is 12.6 Å². The highest BCUT2D eigenvalue weighted by molar-refractivity contribution is 7.99. The number of para-hydroxylation sites is 1. The van der Waals surface area contributed by atoms with Crippen molar-refractivity contribution >= 4 is 39.2 Å². The van der Waals surface area contributed by atoms with E-state index in [1.54, 1.807) is 4.57 Å². The highest BCUT2D eigenvalue weighted by Gasteiger charge is 2.25. The van der Waals surface area contributed by atoms with Gasteiger partial charge in [0.25, 0.3) is 5.56 Å². The van der Waals surface area contributed by atoms with Gasteiger partial charge in [-0.1, -0.05) is 49.2 Å². The van der Waals surface area contributed by atoms with E-state index in [1.165, 1.54) is 42.4 Å². The molecule has 7 heteroatoms. The van der Waals surface area contributed by atoms with Crippen LogP contribution in [0.25, 0.3) is 15.9 Å². The number of carbonyl (C=O) groups is 1. The number of nitrogens with zero attached hydrogens (tertiary/aromatic N) is 3. The fourth-order valence-corrected chi connectivity index (χ4v) is 5.74. The summed E-state index contributed by atoms with van der Waals surface area (Å²) in [6.07, 6.45) is 5.86. The minimum Gasteiger partial charge on any atom is -0.339 e. The average Bonchev–Trinajstić information content (AvgIpc) is 3.23. The lowest BCUT2D eigenvalue weighted by molar-refractivity contribution is -0.131.